The lowest BCUT2D eigenvalue weighted by molar-refractivity contribution is 0.914. The predicted octanol–water partition coefficient (Wildman–Crippen LogP) is 1.15. The van der Waals surface area contributed by atoms with Gasteiger partial charge in [-0.2, -0.15) is 0 Å². The fourth-order valence-electron chi connectivity index (χ4n) is 1.03. The van der Waals surface area contributed by atoms with Crippen molar-refractivity contribution in [3.05, 3.63) is 29.6 Å². The van der Waals surface area contributed by atoms with E-state index in [1.807, 2.05) is 12.3 Å². The number of aromatic nitrogens is 1. The van der Waals surface area contributed by atoms with Crippen LogP contribution in [0.2, 0.25) is 0 Å². The summed E-state index contributed by atoms with van der Waals surface area (Å²) in [5, 5.41) is 0. The van der Waals surface area contributed by atoms with Gasteiger partial charge in [-0.05, 0) is 30.7 Å². The van der Waals surface area contributed by atoms with E-state index in [-0.39, 0.29) is 0 Å². The summed E-state index contributed by atoms with van der Waals surface area (Å²) in [7, 11) is 0. The molecule has 0 aliphatic carbocycles. The number of aryl methyl sites for hydroxylation is 1. The van der Waals surface area contributed by atoms with Gasteiger partial charge in [0.05, 0.1) is 0 Å². The molecule has 0 spiro atoms. The first-order valence-corrected chi connectivity index (χ1v) is 4.00. The van der Waals surface area contributed by atoms with Gasteiger partial charge in [-0.3, -0.25) is 4.98 Å². The van der Waals surface area contributed by atoms with Crippen molar-refractivity contribution in [2.75, 3.05) is 6.54 Å². The van der Waals surface area contributed by atoms with Crippen LogP contribution in [0, 0.1) is 0 Å². The Bertz CT molecular complexity index is 221. The molecule has 1 heterocycles. The van der Waals surface area contributed by atoms with Gasteiger partial charge >= 0.3 is 0 Å². The van der Waals surface area contributed by atoms with Crippen molar-refractivity contribution < 1.29 is 0 Å². The molecule has 0 aliphatic heterocycles. The molecule has 0 fully saturated rings. The van der Waals surface area contributed by atoms with E-state index in [1.54, 1.807) is 0 Å². The second-order valence-electron chi connectivity index (χ2n) is 2.55. The van der Waals surface area contributed by atoms with Gasteiger partial charge in [-0.1, -0.05) is 6.92 Å². The Kier molecular flexibility index (Phi) is 3.05. The Morgan fingerprint density at radius 3 is 3.00 bits per heavy atom. The van der Waals surface area contributed by atoms with Gasteiger partial charge < -0.3 is 5.73 Å². The molecule has 0 saturated heterocycles. The highest BCUT2D eigenvalue weighted by molar-refractivity contribution is 5.16. The van der Waals surface area contributed by atoms with Crippen molar-refractivity contribution in [3.63, 3.8) is 0 Å². The van der Waals surface area contributed by atoms with Crippen LogP contribution >= 0.6 is 0 Å². The molecule has 11 heavy (non-hydrogen) atoms. The lowest BCUT2D eigenvalue weighted by atomic mass is 10.1. The molecule has 1 aromatic rings. The molecule has 2 nitrogen and oxygen atoms in total. The Hall–Kier alpha value is -0.890. The van der Waals surface area contributed by atoms with Crippen LogP contribution in [0.3, 0.4) is 0 Å². The molecular weight excluding hydrogens is 136 g/mol. The lowest BCUT2D eigenvalue weighted by Gasteiger charge is -1.99. The van der Waals surface area contributed by atoms with Crippen molar-refractivity contribution in [2.24, 2.45) is 5.73 Å². The van der Waals surface area contributed by atoms with Crippen molar-refractivity contribution in [2.45, 2.75) is 19.8 Å². The van der Waals surface area contributed by atoms with Crippen LogP contribution < -0.4 is 5.73 Å². The van der Waals surface area contributed by atoms with Gasteiger partial charge in [-0.25, -0.2) is 0 Å². The van der Waals surface area contributed by atoms with Gasteiger partial charge in [-0.15, -0.1) is 0 Å². The van der Waals surface area contributed by atoms with E-state index in [4.69, 9.17) is 5.73 Å². The molecule has 0 unspecified atom stereocenters. The topological polar surface area (TPSA) is 38.9 Å². The average Bonchev–Trinajstić information content (AvgIpc) is 2.06. The normalized spacial score (nSPS) is 10.0. The number of hydrogen-bond acceptors (Lipinski definition) is 2. The Morgan fingerprint density at radius 2 is 2.36 bits per heavy atom. The Morgan fingerprint density at radius 1 is 1.55 bits per heavy atom. The van der Waals surface area contributed by atoms with Crippen molar-refractivity contribution in [1.29, 1.82) is 0 Å². The fourth-order valence-corrected chi connectivity index (χ4v) is 1.03. The molecule has 0 saturated carbocycles. The van der Waals surface area contributed by atoms with Crippen LogP contribution in [0.25, 0.3) is 0 Å². The summed E-state index contributed by atoms with van der Waals surface area (Å²) >= 11 is 0. The maximum Gasteiger partial charge on any atom is 0.0418 e. The molecule has 2 heteroatoms. The highest BCUT2D eigenvalue weighted by Gasteiger charge is 1.93. The molecule has 2 N–H and O–H groups in total. The molecule has 0 atom stereocenters. The van der Waals surface area contributed by atoms with Crippen LogP contribution in [0.1, 0.15) is 18.2 Å². The highest BCUT2D eigenvalue weighted by atomic mass is 14.7. The summed E-state index contributed by atoms with van der Waals surface area (Å²) in [4.78, 5) is 4.20. The van der Waals surface area contributed by atoms with Crippen LogP contribution in [0.4, 0.5) is 0 Å². The maximum atomic E-state index is 5.41. The predicted molar refractivity (Wildman–Crippen MR) is 46.4 cm³/mol. The van der Waals surface area contributed by atoms with E-state index >= 15 is 0 Å². The van der Waals surface area contributed by atoms with Gasteiger partial charge in [0.25, 0.3) is 0 Å². The smallest absolute Gasteiger partial charge is 0.0418 e. The van der Waals surface area contributed by atoms with E-state index in [2.05, 4.69) is 18.0 Å². The second-order valence-corrected chi connectivity index (χ2v) is 2.55. The molecular formula is C9H14N2. The minimum absolute atomic E-state index is 0.681. The molecule has 1 rings (SSSR count). The number of nitrogens with zero attached hydrogens (tertiary/aromatic N) is 1. The minimum atomic E-state index is 0.681. The zero-order chi connectivity index (χ0) is 8.10. The van der Waals surface area contributed by atoms with Crippen molar-refractivity contribution in [1.82, 2.24) is 4.98 Å². The van der Waals surface area contributed by atoms with Gasteiger partial charge in [0.15, 0.2) is 0 Å². The standard InChI is InChI=1S/C9H14N2/c1-2-8-4-6-11-9(7-8)3-5-10/h4,6-7H,2-3,5,10H2,1H3. The first-order valence-electron chi connectivity index (χ1n) is 4.00. The monoisotopic (exact) mass is 150 g/mol. The molecule has 60 valence electrons. The van der Waals surface area contributed by atoms with E-state index in [0.29, 0.717) is 6.54 Å². The first-order chi connectivity index (χ1) is 5.36. The van der Waals surface area contributed by atoms with Gasteiger partial charge in [0.2, 0.25) is 0 Å². The quantitative estimate of drug-likeness (QED) is 0.702. The van der Waals surface area contributed by atoms with E-state index in [1.165, 1.54) is 5.56 Å². The van der Waals surface area contributed by atoms with Crippen LogP contribution in [-0.4, -0.2) is 11.5 Å². The molecule has 0 bridgehead atoms. The highest BCUT2D eigenvalue weighted by Crippen LogP contribution is 2.02. The number of nitrogens with two attached hydrogens (primary N) is 1. The number of hydrogen-bond donors (Lipinski definition) is 1. The zero-order valence-corrected chi connectivity index (χ0v) is 6.88. The summed E-state index contributed by atoms with van der Waals surface area (Å²) < 4.78 is 0. The summed E-state index contributed by atoms with van der Waals surface area (Å²) in [6, 6.07) is 4.16. The Labute approximate surface area is 67.5 Å². The minimum Gasteiger partial charge on any atom is -0.330 e. The zero-order valence-electron chi connectivity index (χ0n) is 6.88. The number of rotatable bonds is 3. The third kappa shape index (κ3) is 2.31. The van der Waals surface area contributed by atoms with Crippen molar-refractivity contribution in [3.8, 4) is 0 Å². The van der Waals surface area contributed by atoms with Crippen molar-refractivity contribution >= 4 is 0 Å². The summed E-state index contributed by atoms with van der Waals surface area (Å²) in [6.07, 6.45) is 3.80. The van der Waals surface area contributed by atoms with Gasteiger partial charge in [0.1, 0.15) is 0 Å². The van der Waals surface area contributed by atoms with E-state index < -0.39 is 0 Å². The third-order valence-electron chi connectivity index (χ3n) is 1.69. The van der Waals surface area contributed by atoms with Crippen LogP contribution in [-0.2, 0) is 12.8 Å². The SMILES string of the molecule is CCc1ccnc(CCN)c1. The summed E-state index contributed by atoms with van der Waals surface area (Å²) in [5.41, 5.74) is 7.85. The average molecular weight is 150 g/mol. The molecule has 0 aliphatic rings. The van der Waals surface area contributed by atoms with Crippen LogP contribution in [0.15, 0.2) is 18.3 Å². The fraction of sp³-hybridized carbons (Fsp3) is 0.444. The molecule has 1 aromatic heterocycles. The second kappa shape index (κ2) is 4.09. The van der Waals surface area contributed by atoms with Crippen LogP contribution in [0.5, 0.6) is 0 Å². The summed E-state index contributed by atoms with van der Waals surface area (Å²) in [6.45, 7) is 2.82. The molecule has 0 radical (unpaired) electrons. The largest absolute Gasteiger partial charge is 0.330 e. The third-order valence-corrected chi connectivity index (χ3v) is 1.69. The maximum absolute atomic E-state index is 5.41. The molecule has 0 amide bonds. The first kappa shape index (κ1) is 8.21. The summed E-state index contributed by atoms with van der Waals surface area (Å²) in [5.74, 6) is 0. The van der Waals surface area contributed by atoms with Gasteiger partial charge in [0, 0.05) is 18.3 Å². The van der Waals surface area contributed by atoms with E-state index in [9.17, 15) is 0 Å². The van der Waals surface area contributed by atoms with E-state index in [0.717, 1.165) is 18.5 Å². The Balaban J connectivity index is 2.74. The molecule has 0 aromatic carbocycles. The number of pyridine rings is 1. The lowest BCUT2D eigenvalue weighted by Crippen LogP contribution is -2.04.